The lowest BCUT2D eigenvalue weighted by atomic mass is 10.0. The molecule has 0 saturated carbocycles. The van der Waals surface area contributed by atoms with E-state index in [2.05, 4.69) is 20.3 Å². The van der Waals surface area contributed by atoms with Crippen LogP contribution in [-0.4, -0.2) is 56.2 Å². The van der Waals surface area contributed by atoms with Crippen molar-refractivity contribution in [2.45, 2.75) is 44.1 Å². The standard InChI is InChI=1S/C24H22F3N7O3/c25-24(26,27)17-5-4-14(12-28-17)37-18-6-3-13(10-29-18)11-30-23-31-15-2-1-8-34-19(15)21(32-23)33-9-7-16(35)20(33)22(34)36/h3-6,10,12,16,20,35H,1-2,7-9,11H2,(H,30,31,32)/t16-,20-/m0/s1. The second kappa shape index (κ2) is 8.83. The molecule has 37 heavy (non-hydrogen) atoms. The molecule has 13 heteroatoms. The molecule has 3 aromatic rings. The van der Waals surface area contributed by atoms with Gasteiger partial charge in [-0.15, -0.1) is 0 Å². The summed E-state index contributed by atoms with van der Waals surface area (Å²) in [4.78, 5) is 33.5. The first-order valence-corrected chi connectivity index (χ1v) is 11.8. The van der Waals surface area contributed by atoms with Crippen LogP contribution in [0.3, 0.4) is 0 Å². The Hall–Kier alpha value is -4.00. The highest BCUT2D eigenvalue weighted by atomic mass is 19.4. The van der Waals surface area contributed by atoms with E-state index in [4.69, 9.17) is 9.72 Å². The van der Waals surface area contributed by atoms with E-state index >= 15 is 0 Å². The van der Waals surface area contributed by atoms with Gasteiger partial charge in [-0.05, 0) is 37.0 Å². The second-order valence-electron chi connectivity index (χ2n) is 9.09. The lowest BCUT2D eigenvalue weighted by Crippen LogP contribution is -2.56. The van der Waals surface area contributed by atoms with Gasteiger partial charge in [-0.25, -0.2) is 15.0 Å². The van der Waals surface area contributed by atoms with E-state index in [9.17, 15) is 23.1 Å². The van der Waals surface area contributed by atoms with Crippen molar-refractivity contribution in [2.75, 3.05) is 28.2 Å². The molecule has 2 N–H and O–H groups in total. The number of aromatic nitrogens is 4. The zero-order chi connectivity index (χ0) is 25.7. The van der Waals surface area contributed by atoms with Crippen LogP contribution in [0.15, 0.2) is 36.7 Å². The van der Waals surface area contributed by atoms with Crippen LogP contribution in [0.2, 0.25) is 0 Å². The maximum absolute atomic E-state index is 13.0. The van der Waals surface area contributed by atoms with Gasteiger partial charge in [0.25, 0.3) is 5.91 Å². The van der Waals surface area contributed by atoms with Crippen molar-refractivity contribution in [1.82, 2.24) is 19.9 Å². The molecule has 3 aliphatic heterocycles. The number of rotatable bonds is 5. The Morgan fingerprint density at radius 1 is 1.11 bits per heavy atom. The summed E-state index contributed by atoms with van der Waals surface area (Å²) in [7, 11) is 0. The van der Waals surface area contributed by atoms with Gasteiger partial charge in [0, 0.05) is 31.9 Å². The molecule has 0 aliphatic carbocycles. The zero-order valence-corrected chi connectivity index (χ0v) is 19.4. The van der Waals surface area contributed by atoms with Crippen LogP contribution in [0.1, 0.15) is 29.8 Å². The minimum absolute atomic E-state index is 0.0942. The van der Waals surface area contributed by atoms with Gasteiger partial charge in [0.2, 0.25) is 11.8 Å². The highest BCUT2D eigenvalue weighted by Gasteiger charge is 2.48. The van der Waals surface area contributed by atoms with E-state index in [1.165, 1.54) is 6.07 Å². The minimum Gasteiger partial charge on any atom is -0.437 e. The summed E-state index contributed by atoms with van der Waals surface area (Å²) in [6.07, 6.45) is -0.627. The molecule has 3 aliphatic rings. The Labute approximate surface area is 209 Å². The molecule has 6 rings (SSSR count). The topological polar surface area (TPSA) is 117 Å². The van der Waals surface area contributed by atoms with Crippen LogP contribution < -0.4 is 19.9 Å². The van der Waals surface area contributed by atoms with E-state index in [1.807, 2.05) is 4.90 Å². The lowest BCUT2D eigenvalue weighted by Gasteiger charge is -2.41. The van der Waals surface area contributed by atoms with Crippen molar-refractivity contribution in [1.29, 1.82) is 0 Å². The van der Waals surface area contributed by atoms with Gasteiger partial charge >= 0.3 is 6.18 Å². The van der Waals surface area contributed by atoms with Gasteiger partial charge in [0.05, 0.1) is 18.0 Å². The summed E-state index contributed by atoms with van der Waals surface area (Å²) in [5.41, 5.74) is 1.36. The minimum atomic E-state index is -4.51. The number of ether oxygens (including phenoxy) is 1. The fraction of sp³-hybridized carbons (Fsp3) is 0.375. The quantitative estimate of drug-likeness (QED) is 0.531. The van der Waals surface area contributed by atoms with Crippen LogP contribution in [0.5, 0.6) is 11.6 Å². The van der Waals surface area contributed by atoms with E-state index < -0.39 is 24.0 Å². The number of aliphatic hydroxyl groups excluding tert-OH is 1. The Balaban J connectivity index is 1.16. The van der Waals surface area contributed by atoms with Crippen molar-refractivity contribution in [3.8, 4) is 11.6 Å². The molecule has 1 fully saturated rings. The summed E-state index contributed by atoms with van der Waals surface area (Å²) < 4.78 is 43.5. The molecule has 1 amide bonds. The first-order chi connectivity index (χ1) is 17.8. The molecule has 0 bridgehead atoms. The lowest BCUT2D eigenvalue weighted by molar-refractivity contribution is -0.141. The molecule has 0 radical (unpaired) electrons. The number of anilines is 3. The van der Waals surface area contributed by atoms with E-state index in [0.717, 1.165) is 42.0 Å². The van der Waals surface area contributed by atoms with Crippen molar-refractivity contribution in [3.05, 3.63) is 53.6 Å². The normalized spacial score (nSPS) is 20.5. The fourth-order valence-electron chi connectivity index (χ4n) is 4.91. The third kappa shape index (κ3) is 4.28. The zero-order valence-electron chi connectivity index (χ0n) is 19.4. The molecular formula is C24H22F3N7O3. The number of alkyl halides is 3. The number of pyridine rings is 2. The molecule has 2 atom stereocenters. The molecular weight excluding hydrogens is 491 g/mol. The number of halogens is 3. The van der Waals surface area contributed by atoms with Gasteiger partial charge in [-0.3, -0.25) is 4.79 Å². The van der Waals surface area contributed by atoms with Gasteiger partial charge in [0.1, 0.15) is 23.2 Å². The summed E-state index contributed by atoms with van der Waals surface area (Å²) in [6, 6.07) is 4.79. The number of hydrogen-bond donors (Lipinski definition) is 2. The molecule has 1 saturated heterocycles. The van der Waals surface area contributed by atoms with Crippen LogP contribution in [0.4, 0.5) is 30.6 Å². The van der Waals surface area contributed by atoms with Crippen molar-refractivity contribution in [3.63, 3.8) is 0 Å². The number of carbonyl (C=O) groups excluding carboxylic acids is 1. The third-order valence-electron chi connectivity index (χ3n) is 6.66. The summed E-state index contributed by atoms with van der Waals surface area (Å²) in [6.45, 7) is 1.50. The smallest absolute Gasteiger partial charge is 0.433 e. The predicted octanol–water partition coefficient (Wildman–Crippen LogP) is 2.92. The Morgan fingerprint density at radius 3 is 2.70 bits per heavy atom. The number of carbonyl (C=O) groups is 1. The van der Waals surface area contributed by atoms with Crippen LogP contribution in [0, 0.1) is 0 Å². The number of amides is 1. The number of nitrogens with one attached hydrogen (secondary N) is 1. The van der Waals surface area contributed by atoms with Gasteiger partial charge < -0.3 is 25.0 Å². The van der Waals surface area contributed by atoms with Crippen LogP contribution in [0.25, 0.3) is 0 Å². The van der Waals surface area contributed by atoms with Crippen molar-refractivity contribution < 1.29 is 27.8 Å². The number of aliphatic hydroxyl groups is 1. The first-order valence-electron chi connectivity index (χ1n) is 11.8. The highest BCUT2D eigenvalue weighted by Crippen LogP contribution is 2.43. The largest absolute Gasteiger partial charge is 0.437 e. The van der Waals surface area contributed by atoms with Crippen LogP contribution in [-0.2, 0) is 23.9 Å². The summed E-state index contributed by atoms with van der Waals surface area (Å²) >= 11 is 0. The average Bonchev–Trinajstić information content (AvgIpc) is 3.28. The molecule has 0 unspecified atom stereocenters. The molecule has 192 valence electrons. The first kappa shape index (κ1) is 23.4. The Morgan fingerprint density at radius 2 is 1.97 bits per heavy atom. The summed E-state index contributed by atoms with van der Waals surface area (Å²) in [5.74, 6) is 1.34. The van der Waals surface area contributed by atoms with E-state index in [-0.39, 0.29) is 17.5 Å². The second-order valence-corrected chi connectivity index (χ2v) is 9.09. The SMILES string of the molecule is O=C1[C@@H]2[C@@H](O)CCN2c2nc(NCc3ccc(Oc4ccc(C(F)(F)F)nc4)nc3)nc3c2N1CCC3. The van der Waals surface area contributed by atoms with Gasteiger partial charge in [0.15, 0.2) is 5.82 Å². The number of fused-ring (bicyclic) bond motifs is 2. The molecule has 10 nitrogen and oxygen atoms in total. The molecule has 3 aromatic heterocycles. The number of hydrogen-bond acceptors (Lipinski definition) is 9. The summed E-state index contributed by atoms with van der Waals surface area (Å²) in [5, 5.41) is 13.6. The monoisotopic (exact) mass is 513 g/mol. The van der Waals surface area contributed by atoms with Gasteiger partial charge in [-0.2, -0.15) is 18.2 Å². The predicted molar refractivity (Wildman–Crippen MR) is 125 cm³/mol. The Bertz CT molecular complexity index is 1340. The highest BCUT2D eigenvalue weighted by molar-refractivity contribution is 6.06. The van der Waals surface area contributed by atoms with Crippen molar-refractivity contribution >= 4 is 23.4 Å². The van der Waals surface area contributed by atoms with Crippen LogP contribution >= 0.6 is 0 Å². The number of aryl methyl sites for hydroxylation is 1. The fourth-order valence-corrected chi connectivity index (χ4v) is 4.91. The average molecular weight is 513 g/mol. The van der Waals surface area contributed by atoms with E-state index in [0.29, 0.717) is 37.8 Å². The van der Waals surface area contributed by atoms with Gasteiger partial charge in [-0.1, -0.05) is 6.07 Å². The molecule has 0 aromatic carbocycles. The van der Waals surface area contributed by atoms with Crippen molar-refractivity contribution in [2.24, 2.45) is 0 Å². The number of nitrogens with zero attached hydrogens (tertiary/aromatic N) is 6. The molecule has 6 heterocycles. The third-order valence-corrected chi connectivity index (χ3v) is 6.66. The maximum Gasteiger partial charge on any atom is 0.433 e. The van der Waals surface area contributed by atoms with E-state index in [1.54, 1.807) is 23.2 Å². The molecule has 0 spiro atoms. The maximum atomic E-state index is 13.0. The Kier molecular flexibility index (Phi) is 5.59.